The van der Waals surface area contributed by atoms with Gasteiger partial charge in [-0.1, -0.05) is 26.0 Å². The minimum Gasteiger partial charge on any atom is -0.485 e. The largest absolute Gasteiger partial charge is 0.485 e. The number of benzene rings is 1. The van der Waals surface area contributed by atoms with Crippen LogP contribution in [0.1, 0.15) is 45.1 Å². The second-order valence-electron chi connectivity index (χ2n) is 6.30. The van der Waals surface area contributed by atoms with Gasteiger partial charge in [0.05, 0.1) is 6.61 Å². The predicted octanol–water partition coefficient (Wildman–Crippen LogP) is 1.96. The molecule has 0 spiro atoms. The van der Waals surface area contributed by atoms with Crippen molar-refractivity contribution in [2.24, 2.45) is 0 Å². The van der Waals surface area contributed by atoms with E-state index in [-0.39, 0.29) is 12.0 Å². The van der Waals surface area contributed by atoms with Crippen molar-refractivity contribution in [2.45, 2.75) is 56.8 Å². The zero-order valence-corrected chi connectivity index (χ0v) is 12.2. The summed E-state index contributed by atoms with van der Waals surface area (Å²) in [6.45, 7) is 4.01. The Kier molecular flexibility index (Phi) is 4.37. The average Bonchev–Trinajstić information content (AvgIpc) is 2.42. The molecule has 0 amide bonds. The van der Waals surface area contributed by atoms with E-state index in [1.165, 1.54) is 0 Å². The lowest BCUT2D eigenvalue weighted by Crippen LogP contribution is -2.48. The van der Waals surface area contributed by atoms with Crippen molar-refractivity contribution in [3.8, 4) is 5.75 Å². The first-order chi connectivity index (χ1) is 9.35. The molecule has 4 nitrogen and oxygen atoms in total. The van der Waals surface area contributed by atoms with Crippen molar-refractivity contribution in [3.05, 3.63) is 29.8 Å². The Morgan fingerprint density at radius 1 is 1.20 bits per heavy atom. The Labute approximate surface area is 120 Å². The Morgan fingerprint density at radius 2 is 1.85 bits per heavy atom. The third-order valence-electron chi connectivity index (χ3n) is 4.09. The van der Waals surface area contributed by atoms with E-state index in [1.807, 2.05) is 38.1 Å². The lowest BCUT2D eigenvalue weighted by atomic mass is 9.86. The van der Waals surface area contributed by atoms with Crippen LogP contribution in [0.4, 0.5) is 0 Å². The van der Waals surface area contributed by atoms with Crippen LogP contribution in [-0.2, 0) is 5.41 Å². The molecule has 1 aromatic rings. The molecule has 4 heteroatoms. The number of rotatable bonds is 4. The first-order valence-electron chi connectivity index (χ1n) is 7.18. The molecule has 1 fully saturated rings. The van der Waals surface area contributed by atoms with Gasteiger partial charge in [0, 0.05) is 11.8 Å². The van der Waals surface area contributed by atoms with E-state index in [0.29, 0.717) is 18.6 Å². The molecular formula is C16H24O4. The minimum absolute atomic E-state index is 0.0756. The zero-order chi connectivity index (χ0) is 14.8. The third-order valence-corrected chi connectivity index (χ3v) is 4.09. The summed E-state index contributed by atoms with van der Waals surface area (Å²) >= 11 is 0. The van der Waals surface area contributed by atoms with E-state index in [2.05, 4.69) is 0 Å². The van der Waals surface area contributed by atoms with Gasteiger partial charge < -0.3 is 20.1 Å². The second kappa shape index (κ2) is 5.72. The van der Waals surface area contributed by atoms with Gasteiger partial charge >= 0.3 is 0 Å². The van der Waals surface area contributed by atoms with Gasteiger partial charge in [-0.2, -0.15) is 0 Å². The molecule has 0 heterocycles. The molecule has 0 radical (unpaired) electrons. The molecule has 3 N–H and O–H groups in total. The van der Waals surface area contributed by atoms with E-state index in [1.54, 1.807) is 0 Å². The SMILES string of the molecule is CC(C)(CO)c1ccc(OC2CCCCC2(O)O)cc1. The first-order valence-corrected chi connectivity index (χ1v) is 7.18. The van der Waals surface area contributed by atoms with Crippen molar-refractivity contribution in [3.63, 3.8) is 0 Å². The van der Waals surface area contributed by atoms with E-state index >= 15 is 0 Å². The zero-order valence-electron chi connectivity index (χ0n) is 12.2. The summed E-state index contributed by atoms with van der Waals surface area (Å²) in [7, 11) is 0. The minimum atomic E-state index is -1.73. The van der Waals surface area contributed by atoms with Crippen LogP contribution >= 0.6 is 0 Å². The van der Waals surface area contributed by atoms with E-state index in [0.717, 1.165) is 18.4 Å². The first kappa shape index (κ1) is 15.3. The smallest absolute Gasteiger partial charge is 0.200 e. The normalized spacial score (nSPS) is 22.6. The van der Waals surface area contributed by atoms with Crippen LogP contribution in [-0.4, -0.2) is 33.8 Å². The summed E-state index contributed by atoms with van der Waals surface area (Å²) in [6, 6.07) is 7.45. The molecule has 1 aliphatic rings. The molecular weight excluding hydrogens is 256 g/mol. The van der Waals surface area contributed by atoms with Crippen molar-refractivity contribution in [1.29, 1.82) is 0 Å². The molecule has 0 saturated heterocycles. The van der Waals surface area contributed by atoms with Crippen LogP contribution in [0.15, 0.2) is 24.3 Å². The van der Waals surface area contributed by atoms with Crippen molar-refractivity contribution in [1.82, 2.24) is 0 Å². The summed E-state index contributed by atoms with van der Waals surface area (Å²) in [6.07, 6.45) is 2.19. The molecule has 20 heavy (non-hydrogen) atoms. The molecule has 0 bridgehead atoms. The highest BCUT2D eigenvalue weighted by atomic mass is 16.6. The van der Waals surface area contributed by atoms with Crippen LogP contribution < -0.4 is 4.74 Å². The van der Waals surface area contributed by atoms with E-state index < -0.39 is 11.9 Å². The molecule has 112 valence electrons. The fourth-order valence-electron chi connectivity index (χ4n) is 2.50. The van der Waals surface area contributed by atoms with Gasteiger partial charge in [0.15, 0.2) is 6.10 Å². The quantitative estimate of drug-likeness (QED) is 0.737. The number of hydrogen-bond donors (Lipinski definition) is 3. The van der Waals surface area contributed by atoms with Crippen LogP contribution in [0, 0.1) is 0 Å². The average molecular weight is 280 g/mol. The van der Waals surface area contributed by atoms with Gasteiger partial charge in [0.25, 0.3) is 0 Å². The van der Waals surface area contributed by atoms with Crippen LogP contribution in [0.25, 0.3) is 0 Å². The molecule has 1 aromatic carbocycles. The number of aliphatic hydroxyl groups is 3. The van der Waals surface area contributed by atoms with Gasteiger partial charge in [-0.15, -0.1) is 0 Å². The predicted molar refractivity (Wildman–Crippen MR) is 76.6 cm³/mol. The highest BCUT2D eigenvalue weighted by molar-refractivity contribution is 5.32. The molecule has 1 saturated carbocycles. The monoisotopic (exact) mass is 280 g/mol. The summed E-state index contributed by atoms with van der Waals surface area (Å²) in [5, 5.41) is 29.2. The van der Waals surface area contributed by atoms with Gasteiger partial charge in [-0.25, -0.2) is 0 Å². The molecule has 1 aliphatic carbocycles. The van der Waals surface area contributed by atoms with E-state index in [4.69, 9.17) is 4.74 Å². The summed E-state index contributed by atoms with van der Waals surface area (Å²) in [4.78, 5) is 0. The fraction of sp³-hybridized carbons (Fsp3) is 0.625. The maximum Gasteiger partial charge on any atom is 0.200 e. The van der Waals surface area contributed by atoms with Gasteiger partial charge in [0.2, 0.25) is 5.79 Å². The van der Waals surface area contributed by atoms with Gasteiger partial charge in [-0.3, -0.25) is 0 Å². The third kappa shape index (κ3) is 3.32. The molecule has 1 unspecified atom stereocenters. The molecule has 0 aromatic heterocycles. The highest BCUT2D eigenvalue weighted by Gasteiger charge is 2.38. The summed E-state index contributed by atoms with van der Waals surface area (Å²) in [5.74, 6) is -1.11. The second-order valence-corrected chi connectivity index (χ2v) is 6.30. The maximum atomic E-state index is 9.91. The summed E-state index contributed by atoms with van der Waals surface area (Å²) in [5.41, 5.74) is 0.733. The number of hydrogen-bond acceptors (Lipinski definition) is 4. The molecule has 0 aliphatic heterocycles. The topological polar surface area (TPSA) is 69.9 Å². The van der Waals surface area contributed by atoms with Gasteiger partial charge in [-0.05, 0) is 37.0 Å². The highest BCUT2D eigenvalue weighted by Crippen LogP contribution is 2.31. The summed E-state index contributed by atoms with van der Waals surface area (Å²) < 4.78 is 5.71. The van der Waals surface area contributed by atoms with E-state index in [9.17, 15) is 15.3 Å². The fourth-order valence-corrected chi connectivity index (χ4v) is 2.50. The lowest BCUT2D eigenvalue weighted by Gasteiger charge is -2.35. The van der Waals surface area contributed by atoms with Crippen molar-refractivity contribution >= 4 is 0 Å². The Balaban J connectivity index is 2.07. The Bertz CT molecular complexity index is 436. The molecule has 2 rings (SSSR count). The Hall–Kier alpha value is -1.10. The Morgan fingerprint density at radius 3 is 2.40 bits per heavy atom. The maximum absolute atomic E-state index is 9.91. The number of ether oxygens (including phenoxy) is 1. The lowest BCUT2D eigenvalue weighted by molar-refractivity contribution is -0.232. The standard InChI is InChI=1S/C16H24O4/c1-15(2,11-17)12-6-8-13(9-7-12)20-14-5-3-4-10-16(14,18)19/h6-9,14,17-19H,3-5,10-11H2,1-2H3. The molecule has 1 atom stereocenters. The van der Waals surface area contributed by atoms with Crippen LogP contribution in [0.3, 0.4) is 0 Å². The number of aliphatic hydroxyl groups excluding tert-OH is 1. The van der Waals surface area contributed by atoms with Crippen molar-refractivity contribution < 1.29 is 20.1 Å². The van der Waals surface area contributed by atoms with Crippen molar-refractivity contribution in [2.75, 3.05) is 6.61 Å². The van der Waals surface area contributed by atoms with Gasteiger partial charge in [0.1, 0.15) is 5.75 Å². The van der Waals surface area contributed by atoms with Crippen LogP contribution in [0.2, 0.25) is 0 Å². The van der Waals surface area contributed by atoms with Crippen LogP contribution in [0.5, 0.6) is 5.75 Å².